The number of non-ortho nitro benzene ring substituents is 3. The van der Waals surface area contributed by atoms with Crippen molar-refractivity contribution in [3.8, 4) is 11.5 Å². The summed E-state index contributed by atoms with van der Waals surface area (Å²) in [4.78, 5) is 83.9. The van der Waals surface area contributed by atoms with Crippen molar-refractivity contribution in [2.24, 2.45) is 32.7 Å². The predicted octanol–water partition coefficient (Wildman–Crippen LogP) is 14.0. The summed E-state index contributed by atoms with van der Waals surface area (Å²) in [6, 6.07) is 12.9. The predicted molar refractivity (Wildman–Crippen MR) is 331 cm³/mol. The molecule has 3 aromatic rings. The molecule has 9 rings (SSSR count). The van der Waals surface area contributed by atoms with Gasteiger partial charge in [0, 0.05) is 70.3 Å². The fourth-order valence-corrected chi connectivity index (χ4v) is 15.4. The lowest BCUT2D eigenvalue weighted by Crippen LogP contribution is -2.45. The average Bonchev–Trinajstić information content (AvgIpc) is 0.824. The third-order valence-corrected chi connectivity index (χ3v) is 18.6. The van der Waals surface area contributed by atoms with Crippen LogP contribution in [0.15, 0.2) is 69.6 Å². The van der Waals surface area contributed by atoms with Gasteiger partial charge in [-0.15, -0.1) is 0 Å². The number of alkyl carbamates (subject to hydrolysis) is 3. The van der Waals surface area contributed by atoms with E-state index in [1.165, 1.54) is 53.5 Å². The minimum atomic E-state index is -0.913. The van der Waals surface area contributed by atoms with Gasteiger partial charge in [-0.25, -0.2) is 18.8 Å². The standard InChI is InChI=1S/2C20H27N3O5S.C19H24FN3O4S/c2*1-19(2,3)28-18(24)21-17-22-20(10-6-5-7-13(20)12-29-17)15-11-14(23(25)26)8-9-16(15)27-4;1-18(2,3)27-17(24)21-16-22-19(9-5-4-6-12(19)11-28-16)14-10-13(23(25)26)7-8-15(14)20/h2*8-9,11,13H,5-7,10,12H2,1-4H3,(H,21,22,24);7-8,10,12H,4-6,9,11H2,1-3H3,(H,21,22,24)/t2*13-,20-;12-,19-/m000/s1. The number of ether oxygens (including phenoxy) is 5. The van der Waals surface area contributed by atoms with E-state index in [-0.39, 0.29) is 40.4 Å². The van der Waals surface area contributed by atoms with Crippen molar-refractivity contribution in [3.63, 3.8) is 0 Å². The molecule has 0 saturated heterocycles. The van der Waals surface area contributed by atoms with Gasteiger partial charge in [-0.05, 0) is 137 Å². The van der Waals surface area contributed by atoms with E-state index in [4.69, 9.17) is 38.7 Å². The van der Waals surface area contributed by atoms with Gasteiger partial charge in [0.25, 0.3) is 17.1 Å². The number of amidine groups is 3. The van der Waals surface area contributed by atoms with Crippen molar-refractivity contribution in [2.75, 3.05) is 31.5 Å². The normalized spacial score (nSPS) is 24.3. The lowest BCUT2D eigenvalue weighted by atomic mass is 9.69. The van der Waals surface area contributed by atoms with Crippen molar-refractivity contribution < 1.29 is 57.2 Å². The molecule has 86 heavy (non-hydrogen) atoms. The highest BCUT2D eigenvalue weighted by molar-refractivity contribution is 8.14. The van der Waals surface area contributed by atoms with Gasteiger partial charge < -0.3 is 23.7 Å². The molecule has 3 aromatic carbocycles. The highest BCUT2D eigenvalue weighted by Gasteiger charge is 2.50. The fraction of sp³-hybridized carbons (Fsp3) is 0.593. The molecule has 23 nitrogen and oxygen atoms in total. The lowest BCUT2D eigenvalue weighted by Gasteiger charge is -2.44. The van der Waals surface area contributed by atoms with Gasteiger partial charge in [0.2, 0.25) is 0 Å². The first-order valence-corrected chi connectivity index (χ1v) is 31.6. The number of rotatable bonds is 8. The molecule has 0 aromatic heterocycles. The molecular formula is C59H78FN9O14S3. The number of benzene rings is 3. The number of amides is 3. The van der Waals surface area contributed by atoms with Crippen LogP contribution in [-0.4, -0.2) is 96.8 Å². The number of nitrogens with zero attached hydrogens (tertiary/aromatic N) is 6. The van der Waals surface area contributed by atoms with Gasteiger partial charge in [0.1, 0.15) is 34.1 Å². The summed E-state index contributed by atoms with van der Waals surface area (Å²) in [6.07, 6.45) is 9.08. The molecule has 3 amide bonds. The Bertz CT molecular complexity index is 3010. The maximum Gasteiger partial charge on any atom is 0.413 e. The number of aliphatic imine (C=N–C) groups is 3. The first kappa shape index (κ1) is 66.8. The first-order chi connectivity index (χ1) is 40.4. The fourth-order valence-electron chi connectivity index (χ4n) is 11.8. The third-order valence-electron chi connectivity index (χ3n) is 15.4. The number of carbonyl (C=O) groups is 3. The van der Waals surface area contributed by atoms with Crippen LogP contribution in [0.5, 0.6) is 11.5 Å². The molecule has 6 atom stereocenters. The molecule has 27 heteroatoms. The zero-order valence-electron chi connectivity index (χ0n) is 50.5. The Morgan fingerprint density at radius 3 is 1.08 bits per heavy atom. The van der Waals surface area contributed by atoms with Crippen LogP contribution >= 0.6 is 35.3 Å². The summed E-state index contributed by atoms with van der Waals surface area (Å²) in [5.41, 5.74) is -2.60. The van der Waals surface area contributed by atoms with Crippen LogP contribution in [0.2, 0.25) is 0 Å². The average molecular weight is 1250 g/mol. The van der Waals surface area contributed by atoms with Crippen molar-refractivity contribution >= 4 is 86.1 Å². The number of thioether (sulfide) groups is 3. The van der Waals surface area contributed by atoms with Crippen LogP contribution in [0.25, 0.3) is 0 Å². The van der Waals surface area contributed by atoms with Crippen LogP contribution in [0.3, 0.4) is 0 Å². The minimum Gasteiger partial charge on any atom is -0.496 e. The summed E-state index contributed by atoms with van der Waals surface area (Å²) < 4.78 is 41.9. The maximum absolute atomic E-state index is 14.8. The molecule has 0 unspecified atom stereocenters. The van der Waals surface area contributed by atoms with Gasteiger partial charge >= 0.3 is 18.3 Å². The number of hydrogen-bond acceptors (Lipinski definition) is 20. The highest BCUT2D eigenvalue weighted by Crippen LogP contribution is 2.55. The van der Waals surface area contributed by atoms with E-state index in [0.717, 1.165) is 94.3 Å². The van der Waals surface area contributed by atoms with Gasteiger partial charge in [-0.1, -0.05) is 73.8 Å². The van der Waals surface area contributed by atoms with Gasteiger partial charge in [-0.3, -0.25) is 61.3 Å². The van der Waals surface area contributed by atoms with E-state index in [0.29, 0.717) is 50.3 Å². The second kappa shape index (κ2) is 27.5. The van der Waals surface area contributed by atoms with Crippen molar-refractivity contribution in [3.05, 3.63) is 107 Å². The van der Waals surface area contributed by atoms with Crippen LogP contribution < -0.4 is 25.4 Å². The minimum absolute atomic E-state index is 0.00887. The molecule has 6 aliphatic rings. The van der Waals surface area contributed by atoms with Crippen LogP contribution in [-0.2, 0) is 30.8 Å². The third kappa shape index (κ3) is 16.5. The van der Waals surface area contributed by atoms with E-state index in [1.807, 2.05) is 0 Å². The number of hydrogen-bond donors (Lipinski definition) is 3. The summed E-state index contributed by atoms with van der Waals surface area (Å²) in [7, 11) is 3.11. The highest BCUT2D eigenvalue weighted by atomic mass is 32.2. The Kier molecular flexibility index (Phi) is 21.4. The van der Waals surface area contributed by atoms with Crippen molar-refractivity contribution in [1.29, 1.82) is 0 Å². The van der Waals surface area contributed by atoms with E-state index >= 15 is 0 Å². The summed E-state index contributed by atoms with van der Waals surface area (Å²) in [5, 5.41) is 43.5. The number of halogens is 1. The zero-order valence-corrected chi connectivity index (χ0v) is 53.0. The second-order valence-corrected chi connectivity index (χ2v) is 27.9. The molecule has 3 saturated carbocycles. The van der Waals surface area contributed by atoms with E-state index in [1.54, 1.807) is 101 Å². The van der Waals surface area contributed by atoms with E-state index in [2.05, 4.69) is 16.0 Å². The quantitative estimate of drug-likeness (QED) is 0.107. The Labute approximate surface area is 512 Å². The SMILES string of the molecule is CC(C)(C)OC(=O)NC1=N[C@@]2(c3cc([N+](=O)[O-])ccc3F)CCCC[C@H]2CS1.COc1ccc([N+](=O)[O-])cc1[C@]12CCCC[C@H]1CSC(NC(=O)OC(C)(C)C)=N2.COc1ccc([N+](=O)[O-])cc1[C@]12CCCC[C@H]1CSC(NC(=O)OC(C)(C)C)=N2. The smallest absolute Gasteiger partial charge is 0.413 e. The van der Waals surface area contributed by atoms with Crippen LogP contribution in [0.4, 0.5) is 35.8 Å². The lowest BCUT2D eigenvalue weighted by molar-refractivity contribution is -0.385. The van der Waals surface area contributed by atoms with Crippen molar-refractivity contribution in [2.45, 2.75) is 173 Å². The molecule has 468 valence electrons. The Morgan fingerprint density at radius 1 is 0.500 bits per heavy atom. The Hall–Kier alpha value is -6.74. The maximum atomic E-state index is 14.8. The number of methoxy groups -OCH3 is 2. The molecule has 0 bridgehead atoms. The second-order valence-electron chi connectivity index (χ2n) is 24.9. The Balaban J connectivity index is 0.000000185. The monoisotopic (exact) mass is 1250 g/mol. The molecule has 3 N–H and O–H groups in total. The molecule has 3 heterocycles. The van der Waals surface area contributed by atoms with Gasteiger partial charge in [0.05, 0.1) is 45.6 Å². The number of carbonyl (C=O) groups excluding carboxylic acids is 3. The molecule has 3 fully saturated rings. The van der Waals surface area contributed by atoms with E-state index < -0.39 is 72.3 Å². The van der Waals surface area contributed by atoms with Gasteiger partial charge in [-0.2, -0.15) is 0 Å². The summed E-state index contributed by atoms with van der Waals surface area (Å²) in [5.74, 6) is 3.29. The summed E-state index contributed by atoms with van der Waals surface area (Å²) in [6.45, 7) is 16.1. The molecule has 0 radical (unpaired) electrons. The van der Waals surface area contributed by atoms with E-state index in [9.17, 15) is 49.1 Å². The number of nitro groups is 3. The van der Waals surface area contributed by atoms with Crippen LogP contribution in [0, 0.1) is 53.9 Å². The summed E-state index contributed by atoms with van der Waals surface area (Å²) >= 11 is 4.36. The van der Waals surface area contributed by atoms with Crippen LogP contribution in [0.1, 0.15) is 156 Å². The number of fused-ring (bicyclic) bond motifs is 3. The molecule has 0 spiro atoms. The topological polar surface area (TPSA) is 300 Å². The molecule has 3 aliphatic heterocycles. The Morgan fingerprint density at radius 2 is 0.791 bits per heavy atom. The molecule has 3 aliphatic carbocycles. The number of nitrogens with one attached hydrogen (secondary N) is 3. The zero-order chi connectivity index (χ0) is 63.0. The largest absolute Gasteiger partial charge is 0.496 e. The number of nitro benzene ring substituents is 3. The van der Waals surface area contributed by atoms with Gasteiger partial charge in [0.15, 0.2) is 15.5 Å². The molecular weight excluding hydrogens is 1170 g/mol. The first-order valence-electron chi connectivity index (χ1n) is 28.7. The van der Waals surface area contributed by atoms with Crippen molar-refractivity contribution in [1.82, 2.24) is 16.0 Å².